The summed E-state index contributed by atoms with van der Waals surface area (Å²) in [5, 5.41) is 12.1. The molecule has 1 saturated carbocycles. The number of amides is 2. The van der Waals surface area contributed by atoms with E-state index in [0.29, 0.717) is 42.2 Å². The predicted octanol–water partition coefficient (Wildman–Crippen LogP) is 2.35. The van der Waals surface area contributed by atoms with E-state index in [-0.39, 0.29) is 17.7 Å². The third-order valence-electron chi connectivity index (χ3n) is 5.71. The fourth-order valence-electron chi connectivity index (χ4n) is 3.76. The van der Waals surface area contributed by atoms with Crippen molar-refractivity contribution in [2.24, 2.45) is 11.3 Å². The van der Waals surface area contributed by atoms with Gasteiger partial charge in [-0.1, -0.05) is 20.8 Å². The molecule has 2 aromatic rings. The van der Waals surface area contributed by atoms with Crippen molar-refractivity contribution < 1.29 is 9.59 Å². The van der Waals surface area contributed by atoms with Gasteiger partial charge < -0.3 is 15.2 Å². The zero-order chi connectivity index (χ0) is 20.8. The Labute approximate surface area is 169 Å². The molecule has 0 spiro atoms. The number of carbonyl (C=O) groups is 2. The Hall–Kier alpha value is -2.95. The first-order valence-corrected chi connectivity index (χ1v) is 10.1. The maximum atomic E-state index is 13.1. The van der Waals surface area contributed by atoms with Crippen LogP contribution in [0.4, 0.5) is 0 Å². The molecule has 2 aliphatic rings. The van der Waals surface area contributed by atoms with Gasteiger partial charge >= 0.3 is 0 Å². The fourth-order valence-corrected chi connectivity index (χ4v) is 3.76. The zero-order valence-electron chi connectivity index (χ0n) is 17.0. The van der Waals surface area contributed by atoms with Crippen LogP contribution in [0.3, 0.4) is 0 Å². The summed E-state index contributed by atoms with van der Waals surface area (Å²) in [5.74, 6) is -0.194. The highest BCUT2D eigenvalue weighted by atomic mass is 16.2. The van der Waals surface area contributed by atoms with E-state index in [4.69, 9.17) is 5.26 Å². The molecule has 29 heavy (non-hydrogen) atoms. The Bertz CT molecular complexity index is 995. The predicted molar refractivity (Wildman–Crippen MR) is 107 cm³/mol. The number of aromatic amines is 1. The lowest BCUT2D eigenvalue weighted by Crippen LogP contribution is -2.54. The second-order valence-electron chi connectivity index (χ2n) is 9.14. The summed E-state index contributed by atoms with van der Waals surface area (Å²) in [6.07, 6.45) is 6.24. The number of hydrogen-bond acceptors (Lipinski definition) is 5. The first-order chi connectivity index (χ1) is 13.8. The number of aromatic nitrogens is 3. The van der Waals surface area contributed by atoms with Crippen LogP contribution in [-0.4, -0.2) is 50.8 Å². The molecule has 0 unspecified atom stereocenters. The van der Waals surface area contributed by atoms with Crippen LogP contribution in [0.2, 0.25) is 0 Å². The van der Waals surface area contributed by atoms with Crippen molar-refractivity contribution >= 4 is 23.0 Å². The average molecular weight is 394 g/mol. The molecule has 4 rings (SSSR count). The lowest BCUT2D eigenvalue weighted by molar-refractivity contribution is -0.134. The van der Waals surface area contributed by atoms with Gasteiger partial charge in [0.05, 0.1) is 29.4 Å². The molecule has 0 aromatic carbocycles. The van der Waals surface area contributed by atoms with Gasteiger partial charge in [0.25, 0.3) is 5.91 Å². The highest BCUT2D eigenvalue weighted by Crippen LogP contribution is 2.39. The van der Waals surface area contributed by atoms with Gasteiger partial charge in [0, 0.05) is 25.2 Å². The Morgan fingerprint density at radius 2 is 2.10 bits per heavy atom. The first-order valence-electron chi connectivity index (χ1n) is 10.1. The molecule has 2 amide bonds. The normalized spacial score (nSPS) is 20.5. The van der Waals surface area contributed by atoms with E-state index < -0.39 is 11.5 Å². The number of likely N-dealkylation sites (tertiary alicyclic amines) is 1. The molecular weight excluding hydrogens is 368 g/mol. The molecule has 0 bridgehead atoms. The summed E-state index contributed by atoms with van der Waals surface area (Å²) >= 11 is 0. The van der Waals surface area contributed by atoms with Crippen molar-refractivity contribution in [3.05, 3.63) is 23.7 Å². The van der Waals surface area contributed by atoms with Crippen LogP contribution in [0.5, 0.6) is 0 Å². The van der Waals surface area contributed by atoms with E-state index in [0.717, 1.165) is 18.5 Å². The number of nitrogens with one attached hydrogen (secondary N) is 2. The lowest BCUT2D eigenvalue weighted by atomic mass is 9.85. The van der Waals surface area contributed by atoms with Crippen molar-refractivity contribution in [1.82, 2.24) is 25.2 Å². The van der Waals surface area contributed by atoms with E-state index in [2.05, 4.69) is 26.3 Å². The summed E-state index contributed by atoms with van der Waals surface area (Å²) in [6, 6.07) is 1.53. The van der Waals surface area contributed by atoms with Gasteiger partial charge in [-0.25, -0.2) is 9.97 Å². The number of nitriles is 1. The van der Waals surface area contributed by atoms with Gasteiger partial charge in [-0.3, -0.25) is 9.59 Å². The monoisotopic (exact) mass is 394 g/mol. The van der Waals surface area contributed by atoms with Crippen LogP contribution in [0.25, 0.3) is 11.2 Å². The first kappa shape index (κ1) is 19.4. The van der Waals surface area contributed by atoms with Crippen LogP contribution in [0.1, 0.15) is 62.0 Å². The maximum absolute atomic E-state index is 13.1. The van der Waals surface area contributed by atoms with E-state index >= 15 is 0 Å². The molecule has 3 heterocycles. The molecule has 152 valence electrons. The minimum absolute atomic E-state index is 0.139. The third-order valence-corrected chi connectivity index (χ3v) is 5.71. The van der Waals surface area contributed by atoms with Gasteiger partial charge in [0.2, 0.25) is 5.91 Å². The highest BCUT2D eigenvalue weighted by molar-refractivity contribution is 6.06. The third kappa shape index (κ3) is 3.82. The quantitative estimate of drug-likeness (QED) is 0.826. The van der Waals surface area contributed by atoms with Crippen LogP contribution in [-0.2, 0) is 4.79 Å². The molecule has 2 aromatic heterocycles. The Morgan fingerprint density at radius 1 is 1.34 bits per heavy atom. The topological polar surface area (TPSA) is 115 Å². The van der Waals surface area contributed by atoms with Gasteiger partial charge in [0.1, 0.15) is 11.6 Å². The van der Waals surface area contributed by atoms with Crippen LogP contribution >= 0.6 is 0 Å². The van der Waals surface area contributed by atoms with Gasteiger partial charge in [-0.05, 0) is 24.7 Å². The molecule has 8 nitrogen and oxygen atoms in total. The molecule has 2 fully saturated rings. The Balaban J connectivity index is 1.57. The number of carbonyl (C=O) groups excluding carboxylic acids is 2. The SMILES string of the molecule is CC(C)(C)[C@@H](NC(=O)c1c[nH]c2ncc(C3CC3)nc12)C(=O)N1CC[C@@H](C#N)C1. The number of H-pyrrole nitrogens is 1. The molecule has 2 N–H and O–H groups in total. The largest absolute Gasteiger partial charge is 0.344 e. The summed E-state index contributed by atoms with van der Waals surface area (Å²) in [5.41, 5.74) is 1.93. The number of rotatable bonds is 4. The van der Waals surface area contributed by atoms with Gasteiger partial charge in [-0.15, -0.1) is 0 Å². The van der Waals surface area contributed by atoms with Crippen LogP contribution in [0, 0.1) is 22.7 Å². The molecule has 1 saturated heterocycles. The average Bonchev–Trinajstić information content (AvgIpc) is 3.26. The summed E-state index contributed by atoms with van der Waals surface area (Å²) < 4.78 is 0. The second kappa shape index (κ2) is 7.14. The van der Waals surface area contributed by atoms with Crippen molar-refractivity contribution in [1.29, 1.82) is 5.26 Å². The fraction of sp³-hybridized carbons (Fsp3) is 0.571. The van der Waals surface area contributed by atoms with Crippen molar-refractivity contribution in [2.45, 2.75) is 52.0 Å². The number of nitrogens with zero attached hydrogens (tertiary/aromatic N) is 4. The lowest BCUT2D eigenvalue weighted by Gasteiger charge is -2.33. The van der Waals surface area contributed by atoms with E-state index in [1.54, 1.807) is 17.3 Å². The van der Waals surface area contributed by atoms with Crippen LogP contribution < -0.4 is 5.32 Å². The molecule has 1 aliphatic carbocycles. The minimum atomic E-state index is -0.697. The molecule has 0 radical (unpaired) electrons. The van der Waals surface area contributed by atoms with E-state index in [9.17, 15) is 9.59 Å². The molecule has 8 heteroatoms. The molecule has 1 aliphatic heterocycles. The van der Waals surface area contributed by atoms with Crippen molar-refractivity contribution in [2.75, 3.05) is 13.1 Å². The van der Waals surface area contributed by atoms with Gasteiger partial charge in [0.15, 0.2) is 5.65 Å². The van der Waals surface area contributed by atoms with Crippen LogP contribution in [0.15, 0.2) is 12.4 Å². The maximum Gasteiger partial charge on any atom is 0.255 e. The van der Waals surface area contributed by atoms with Crippen molar-refractivity contribution in [3.63, 3.8) is 0 Å². The smallest absolute Gasteiger partial charge is 0.255 e. The van der Waals surface area contributed by atoms with E-state index in [1.165, 1.54) is 0 Å². The standard InChI is InChI=1S/C21H26N6O2/c1-21(2,3)17(20(29)27-7-6-12(8-22)11-27)26-19(28)14-9-23-18-16(14)25-15(10-24-18)13-4-5-13/h9-10,12-13,17H,4-7,11H2,1-3H3,(H,23,24)(H,26,28)/t12-,17-/m0/s1. The number of hydrogen-bond donors (Lipinski definition) is 2. The second-order valence-corrected chi connectivity index (χ2v) is 9.14. The highest BCUT2D eigenvalue weighted by Gasteiger charge is 2.38. The Morgan fingerprint density at radius 3 is 2.72 bits per heavy atom. The van der Waals surface area contributed by atoms with E-state index in [1.807, 2.05) is 20.8 Å². The summed E-state index contributed by atoms with van der Waals surface area (Å²) in [6.45, 7) is 6.74. The summed E-state index contributed by atoms with van der Waals surface area (Å²) in [7, 11) is 0. The zero-order valence-corrected chi connectivity index (χ0v) is 17.0. The van der Waals surface area contributed by atoms with Crippen molar-refractivity contribution in [3.8, 4) is 6.07 Å². The Kier molecular flexibility index (Phi) is 4.77. The molecular formula is C21H26N6O2. The minimum Gasteiger partial charge on any atom is -0.344 e. The molecule has 2 atom stereocenters. The van der Waals surface area contributed by atoms with Gasteiger partial charge in [-0.2, -0.15) is 5.26 Å². The number of fused-ring (bicyclic) bond motifs is 1. The summed E-state index contributed by atoms with van der Waals surface area (Å²) in [4.78, 5) is 39.9.